The number of hydrogen-bond donors (Lipinski definition) is 3. The van der Waals surface area contributed by atoms with Gasteiger partial charge in [-0.1, -0.05) is 129 Å². The Morgan fingerprint density at radius 3 is 1.80 bits per heavy atom. The maximum Gasteiger partial charge on any atom is 0.472 e. The van der Waals surface area contributed by atoms with E-state index in [0.717, 1.165) is 57.8 Å². The van der Waals surface area contributed by atoms with Crippen LogP contribution in [-0.4, -0.2) is 54.3 Å². The number of amides is 1. The molecule has 0 saturated heterocycles. The number of aliphatic hydroxyl groups excluding tert-OH is 1. The quantitative estimate of drug-likeness (QED) is 0.0279. The molecule has 0 saturated carbocycles. The second kappa shape index (κ2) is 31.7. The average molecular weight is 648 g/mol. The first-order valence-corrected chi connectivity index (χ1v) is 19.2. The zero-order chi connectivity index (χ0) is 32.6. The highest BCUT2D eigenvalue weighted by Crippen LogP contribution is 2.42. The van der Waals surface area contributed by atoms with Crippen molar-refractivity contribution in [3.05, 3.63) is 12.2 Å². The fraction of sp³-hybridized carbons (Fsp3) is 0.882. The molecule has 3 N–H and O–H groups in total. The highest BCUT2D eigenvalue weighted by molar-refractivity contribution is 7.47. The summed E-state index contributed by atoms with van der Waals surface area (Å²) in [5.41, 5.74) is 0. The number of rotatable bonds is 33. The number of nitrogens with one attached hydrogen (secondary N) is 1. The van der Waals surface area contributed by atoms with E-state index in [9.17, 15) is 24.2 Å². The summed E-state index contributed by atoms with van der Waals surface area (Å²) in [5.74, 6) is -0.526. The lowest BCUT2D eigenvalue weighted by molar-refractivity contribution is -0.147. The number of esters is 1. The number of aliphatic hydroxyl groups is 1. The normalized spacial score (nSPS) is 13.6. The van der Waals surface area contributed by atoms with E-state index in [1.54, 1.807) is 0 Å². The molecule has 0 heterocycles. The molecule has 0 spiro atoms. The van der Waals surface area contributed by atoms with Crippen molar-refractivity contribution in [2.45, 2.75) is 168 Å². The van der Waals surface area contributed by atoms with Gasteiger partial charge in [0.15, 0.2) is 0 Å². The summed E-state index contributed by atoms with van der Waals surface area (Å²) in [6.07, 6.45) is 28.6. The van der Waals surface area contributed by atoms with Crippen molar-refractivity contribution in [2.24, 2.45) is 0 Å². The Hall–Kier alpha value is -1.25. The highest BCUT2D eigenvalue weighted by atomic mass is 31.2. The molecule has 0 aliphatic carbocycles. The summed E-state index contributed by atoms with van der Waals surface area (Å²) in [6.45, 7) is 3.47. The molecule has 2 atom stereocenters. The van der Waals surface area contributed by atoms with Crippen LogP contribution in [0.2, 0.25) is 0 Å². The van der Waals surface area contributed by atoms with Crippen molar-refractivity contribution in [2.75, 3.05) is 26.4 Å². The Bertz CT molecular complexity index is 749. The molecule has 1 amide bonds. The van der Waals surface area contributed by atoms with Crippen LogP contribution in [-0.2, 0) is 27.9 Å². The predicted molar refractivity (Wildman–Crippen MR) is 178 cm³/mol. The number of phosphoric ester groups is 1. The van der Waals surface area contributed by atoms with Crippen LogP contribution in [0.25, 0.3) is 0 Å². The Morgan fingerprint density at radius 2 is 1.20 bits per heavy atom. The van der Waals surface area contributed by atoms with Gasteiger partial charge in [0.05, 0.1) is 13.2 Å². The van der Waals surface area contributed by atoms with E-state index >= 15 is 0 Å². The third-order valence-electron chi connectivity index (χ3n) is 7.43. The number of carbonyl (C=O) groups is 2. The minimum atomic E-state index is -4.40. The smallest absolute Gasteiger partial charge is 0.463 e. The van der Waals surface area contributed by atoms with Gasteiger partial charge in [-0.25, -0.2) is 4.57 Å². The minimum absolute atomic E-state index is 0.0796. The summed E-state index contributed by atoms with van der Waals surface area (Å²) in [5, 5.41) is 12.6. The third kappa shape index (κ3) is 32.2. The molecule has 44 heavy (non-hydrogen) atoms. The van der Waals surface area contributed by atoms with Gasteiger partial charge in [-0.2, -0.15) is 0 Å². The van der Waals surface area contributed by atoms with Crippen molar-refractivity contribution in [1.29, 1.82) is 0 Å². The number of ether oxygens (including phenoxy) is 1. The molecule has 0 aromatic carbocycles. The van der Waals surface area contributed by atoms with Gasteiger partial charge in [0.25, 0.3) is 0 Å². The number of unbranched alkanes of at least 4 members (excludes halogenated alkanes) is 18. The van der Waals surface area contributed by atoms with Crippen LogP contribution in [0.5, 0.6) is 0 Å². The number of carbonyl (C=O) groups excluding carboxylic acids is 2. The molecule has 0 bridgehead atoms. The first kappa shape index (κ1) is 42.8. The zero-order valence-corrected chi connectivity index (χ0v) is 29.0. The molecule has 0 aromatic rings. The van der Waals surface area contributed by atoms with E-state index in [0.29, 0.717) is 6.42 Å². The van der Waals surface area contributed by atoms with Gasteiger partial charge in [0.1, 0.15) is 12.7 Å². The van der Waals surface area contributed by atoms with E-state index in [1.165, 1.54) is 77.0 Å². The number of allylic oxidation sites excluding steroid dienone is 2. The Balaban J connectivity index is 3.63. The summed E-state index contributed by atoms with van der Waals surface area (Å²) in [7, 11) is -4.40. The van der Waals surface area contributed by atoms with Crippen molar-refractivity contribution in [1.82, 2.24) is 5.32 Å². The zero-order valence-electron chi connectivity index (χ0n) is 28.1. The van der Waals surface area contributed by atoms with E-state index in [4.69, 9.17) is 13.8 Å². The molecule has 0 rings (SSSR count). The van der Waals surface area contributed by atoms with Crippen LogP contribution in [0.15, 0.2) is 12.2 Å². The fourth-order valence-electron chi connectivity index (χ4n) is 4.73. The lowest BCUT2D eigenvalue weighted by atomic mass is 10.0. The molecule has 0 radical (unpaired) electrons. The molecule has 0 aliphatic heterocycles. The molecule has 10 heteroatoms. The predicted octanol–water partition coefficient (Wildman–Crippen LogP) is 8.71. The van der Waals surface area contributed by atoms with E-state index in [2.05, 4.69) is 31.3 Å². The largest absolute Gasteiger partial charge is 0.472 e. The van der Waals surface area contributed by atoms with Crippen molar-refractivity contribution >= 4 is 19.7 Å². The second-order valence-corrected chi connectivity index (χ2v) is 13.3. The van der Waals surface area contributed by atoms with Crippen molar-refractivity contribution in [3.8, 4) is 0 Å². The molecular formula is C34H66NO8P. The van der Waals surface area contributed by atoms with Crippen LogP contribution in [0.3, 0.4) is 0 Å². The number of phosphoric acid groups is 1. The number of hydrogen-bond acceptors (Lipinski definition) is 7. The Morgan fingerprint density at radius 1 is 0.682 bits per heavy atom. The summed E-state index contributed by atoms with van der Waals surface area (Å²) in [4.78, 5) is 33.6. The van der Waals surface area contributed by atoms with Gasteiger partial charge in [-0.3, -0.25) is 18.6 Å². The maximum absolute atomic E-state index is 12.0. The average Bonchev–Trinajstić information content (AvgIpc) is 3.00. The van der Waals surface area contributed by atoms with Crippen LogP contribution in [0, 0.1) is 0 Å². The van der Waals surface area contributed by atoms with E-state index in [1.807, 2.05) is 0 Å². The SMILES string of the molecule is CCC/C=C\CCCCCCCC(=O)NCCOP(=O)(O)OCC(O)COC(=O)CCCCCCCCCCCCCCC. The first-order chi connectivity index (χ1) is 21.3. The molecule has 260 valence electrons. The molecular weight excluding hydrogens is 581 g/mol. The lowest BCUT2D eigenvalue weighted by Crippen LogP contribution is -2.27. The van der Waals surface area contributed by atoms with Crippen LogP contribution in [0.4, 0.5) is 0 Å². The topological polar surface area (TPSA) is 131 Å². The summed E-state index contributed by atoms with van der Waals surface area (Å²) >= 11 is 0. The molecule has 2 unspecified atom stereocenters. The molecule has 9 nitrogen and oxygen atoms in total. The Kier molecular flexibility index (Phi) is 30.8. The molecule has 0 fully saturated rings. The maximum atomic E-state index is 12.0. The highest BCUT2D eigenvalue weighted by Gasteiger charge is 2.23. The molecule has 0 aliphatic rings. The van der Waals surface area contributed by atoms with Gasteiger partial charge in [-0.15, -0.1) is 0 Å². The van der Waals surface area contributed by atoms with Crippen molar-refractivity contribution in [3.63, 3.8) is 0 Å². The van der Waals surface area contributed by atoms with Gasteiger partial charge >= 0.3 is 13.8 Å². The lowest BCUT2D eigenvalue weighted by Gasteiger charge is -2.15. The van der Waals surface area contributed by atoms with Gasteiger partial charge in [0, 0.05) is 19.4 Å². The van der Waals surface area contributed by atoms with Gasteiger partial charge < -0.3 is 20.1 Å². The standard InChI is InChI=1S/C34H66NO8P/c1-3-5-7-9-11-13-15-16-17-19-21-23-25-27-34(38)41-30-32(36)31-43-44(39,40)42-29-28-35-33(37)26-24-22-20-18-14-12-10-8-6-4-2/h8,10,32,36H,3-7,9,11-31H2,1-2H3,(H,35,37)(H,39,40)/b10-8-. The minimum Gasteiger partial charge on any atom is -0.463 e. The van der Waals surface area contributed by atoms with Crippen LogP contribution < -0.4 is 5.32 Å². The van der Waals surface area contributed by atoms with Crippen LogP contribution in [0.1, 0.15) is 162 Å². The molecule has 0 aromatic heterocycles. The van der Waals surface area contributed by atoms with E-state index < -0.39 is 26.5 Å². The van der Waals surface area contributed by atoms with E-state index in [-0.39, 0.29) is 32.1 Å². The first-order valence-electron chi connectivity index (χ1n) is 17.7. The van der Waals surface area contributed by atoms with Crippen molar-refractivity contribution < 1.29 is 37.9 Å². The fourth-order valence-corrected chi connectivity index (χ4v) is 5.49. The van der Waals surface area contributed by atoms with Gasteiger partial charge in [-0.05, 0) is 32.1 Å². The Labute approximate surface area is 268 Å². The summed E-state index contributed by atoms with van der Waals surface area (Å²) in [6, 6.07) is 0. The monoisotopic (exact) mass is 647 g/mol. The second-order valence-electron chi connectivity index (χ2n) is 11.8. The van der Waals surface area contributed by atoms with Crippen LogP contribution >= 0.6 is 7.82 Å². The third-order valence-corrected chi connectivity index (χ3v) is 8.41. The summed E-state index contributed by atoms with van der Waals surface area (Å²) < 4.78 is 26.7. The van der Waals surface area contributed by atoms with Gasteiger partial charge in [0.2, 0.25) is 5.91 Å².